The molecule has 2 aliphatic heterocycles. The van der Waals surface area contributed by atoms with Crippen LogP contribution in [0.3, 0.4) is 0 Å². The first kappa shape index (κ1) is 16.3. The number of likely N-dealkylation sites (tertiary alicyclic amines) is 1. The average Bonchev–Trinajstić information content (AvgIpc) is 2.65. The number of anilines is 1. The molecule has 3 heterocycles. The van der Waals surface area contributed by atoms with Crippen molar-refractivity contribution in [1.29, 1.82) is 0 Å². The third-order valence-electron chi connectivity index (χ3n) is 5.43. The predicted molar refractivity (Wildman–Crippen MR) is 98.6 cm³/mol. The van der Waals surface area contributed by atoms with Crippen LogP contribution in [0.15, 0.2) is 30.6 Å². The summed E-state index contributed by atoms with van der Waals surface area (Å²) in [5, 5.41) is 1.13. The molecule has 132 valence electrons. The minimum atomic E-state index is 0.289. The van der Waals surface area contributed by atoms with E-state index in [4.69, 9.17) is 0 Å². The molecule has 0 saturated carbocycles. The van der Waals surface area contributed by atoms with Crippen molar-refractivity contribution in [3.8, 4) is 0 Å². The molecule has 1 amide bonds. The lowest BCUT2D eigenvalue weighted by molar-refractivity contribution is -0.133. The summed E-state index contributed by atoms with van der Waals surface area (Å²) < 4.78 is 0. The third-order valence-corrected chi connectivity index (χ3v) is 5.43. The molecule has 4 rings (SSSR count). The van der Waals surface area contributed by atoms with Crippen LogP contribution in [0.1, 0.15) is 12.8 Å². The number of aromatic nitrogens is 2. The number of fused-ring (bicyclic) bond motifs is 1. The number of nitrogens with zero attached hydrogens (tertiary/aromatic N) is 5. The number of piperazine rings is 1. The zero-order valence-electron chi connectivity index (χ0n) is 14.8. The first-order chi connectivity index (χ1) is 12.2. The van der Waals surface area contributed by atoms with Crippen molar-refractivity contribution >= 4 is 22.6 Å². The standard InChI is InChI=1S/C19H25N5O/c1-22-12-15(6-7-18(22)25)13-23-8-10-24(11-9-23)19-16-4-2-3-5-17(16)20-14-21-19/h2-5,14-15H,6-13H2,1H3. The second-order valence-electron chi connectivity index (χ2n) is 7.18. The minimum Gasteiger partial charge on any atom is -0.353 e. The Labute approximate surface area is 148 Å². The van der Waals surface area contributed by atoms with Gasteiger partial charge >= 0.3 is 0 Å². The smallest absolute Gasteiger partial charge is 0.222 e. The van der Waals surface area contributed by atoms with Gasteiger partial charge in [-0.2, -0.15) is 0 Å². The molecule has 0 bridgehead atoms. The largest absolute Gasteiger partial charge is 0.353 e. The Morgan fingerprint density at radius 2 is 1.92 bits per heavy atom. The summed E-state index contributed by atoms with van der Waals surface area (Å²) in [6.45, 7) is 6.07. The van der Waals surface area contributed by atoms with Crippen molar-refractivity contribution in [2.75, 3.05) is 51.2 Å². The molecule has 0 spiro atoms. The van der Waals surface area contributed by atoms with E-state index in [0.717, 1.165) is 62.4 Å². The van der Waals surface area contributed by atoms with Gasteiger partial charge in [0, 0.05) is 58.1 Å². The molecule has 2 saturated heterocycles. The number of hydrogen-bond acceptors (Lipinski definition) is 5. The normalized spacial score (nSPS) is 22.6. The molecule has 6 nitrogen and oxygen atoms in total. The van der Waals surface area contributed by atoms with Crippen LogP contribution in [0.25, 0.3) is 10.9 Å². The Bertz CT molecular complexity index is 751. The Morgan fingerprint density at radius 1 is 1.12 bits per heavy atom. The maximum absolute atomic E-state index is 11.6. The van der Waals surface area contributed by atoms with Crippen molar-refractivity contribution < 1.29 is 4.79 Å². The summed E-state index contributed by atoms with van der Waals surface area (Å²) in [5.74, 6) is 1.94. The van der Waals surface area contributed by atoms with Gasteiger partial charge in [0.1, 0.15) is 12.1 Å². The number of para-hydroxylation sites is 1. The molecule has 1 aromatic carbocycles. The van der Waals surface area contributed by atoms with Crippen LogP contribution in [0, 0.1) is 5.92 Å². The van der Waals surface area contributed by atoms with Gasteiger partial charge in [-0.25, -0.2) is 9.97 Å². The van der Waals surface area contributed by atoms with Crippen molar-refractivity contribution in [3.05, 3.63) is 30.6 Å². The van der Waals surface area contributed by atoms with Crippen LogP contribution in [0.4, 0.5) is 5.82 Å². The second-order valence-corrected chi connectivity index (χ2v) is 7.18. The number of hydrogen-bond donors (Lipinski definition) is 0. The van der Waals surface area contributed by atoms with Gasteiger partial charge in [0.05, 0.1) is 5.52 Å². The highest BCUT2D eigenvalue weighted by Crippen LogP contribution is 2.24. The Balaban J connectivity index is 1.37. The van der Waals surface area contributed by atoms with E-state index in [1.807, 2.05) is 30.1 Å². The summed E-state index contributed by atoms with van der Waals surface area (Å²) in [5.41, 5.74) is 1.00. The van der Waals surface area contributed by atoms with Crippen molar-refractivity contribution in [1.82, 2.24) is 19.8 Å². The van der Waals surface area contributed by atoms with Crippen LogP contribution >= 0.6 is 0 Å². The molecular formula is C19H25N5O. The molecule has 0 radical (unpaired) electrons. The first-order valence-electron chi connectivity index (χ1n) is 9.12. The summed E-state index contributed by atoms with van der Waals surface area (Å²) >= 11 is 0. The lowest BCUT2D eigenvalue weighted by atomic mass is 9.97. The van der Waals surface area contributed by atoms with E-state index in [-0.39, 0.29) is 5.91 Å². The first-order valence-corrected chi connectivity index (χ1v) is 9.12. The molecule has 2 aliphatic rings. The molecule has 2 aromatic rings. The Morgan fingerprint density at radius 3 is 2.72 bits per heavy atom. The fourth-order valence-electron chi connectivity index (χ4n) is 4.00. The van der Waals surface area contributed by atoms with E-state index < -0.39 is 0 Å². The number of benzene rings is 1. The summed E-state index contributed by atoms with van der Waals surface area (Å²) in [7, 11) is 1.92. The zero-order valence-corrected chi connectivity index (χ0v) is 14.8. The van der Waals surface area contributed by atoms with Crippen molar-refractivity contribution in [2.24, 2.45) is 5.92 Å². The average molecular weight is 339 g/mol. The number of carbonyl (C=O) groups is 1. The lowest BCUT2D eigenvalue weighted by Gasteiger charge is -2.39. The Hall–Kier alpha value is -2.21. The highest BCUT2D eigenvalue weighted by Gasteiger charge is 2.26. The van der Waals surface area contributed by atoms with Crippen LogP contribution in [0.5, 0.6) is 0 Å². The quantitative estimate of drug-likeness (QED) is 0.851. The molecule has 0 N–H and O–H groups in total. The topological polar surface area (TPSA) is 52.6 Å². The van der Waals surface area contributed by atoms with Crippen LogP contribution in [0.2, 0.25) is 0 Å². The van der Waals surface area contributed by atoms with Gasteiger partial charge in [0.25, 0.3) is 0 Å². The van der Waals surface area contributed by atoms with Crippen molar-refractivity contribution in [2.45, 2.75) is 12.8 Å². The molecule has 1 unspecified atom stereocenters. The van der Waals surface area contributed by atoms with Crippen LogP contribution in [-0.4, -0.2) is 72.0 Å². The van der Waals surface area contributed by atoms with E-state index >= 15 is 0 Å². The number of amides is 1. The molecule has 25 heavy (non-hydrogen) atoms. The molecule has 6 heteroatoms. The number of rotatable bonds is 3. The van der Waals surface area contributed by atoms with Crippen LogP contribution < -0.4 is 4.90 Å². The van der Waals surface area contributed by atoms with Gasteiger partial charge < -0.3 is 9.80 Å². The van der Waals surface area contributed by atoms with Gasteiger partial charge in [-0.3, -0.25) is 9.69 Å². The van der Waals surface area contributed by atoms with E-state index in [2.05, 4.69) is 25.8 Å². The molecule has 1 aromatic heterocycles. The van der Waals surface area contributed by atoms with E-state index in [0.29, 0.717) is 12.3 Å². The van der Waals surface area contributed by atoms with Gasteiger partial charge in [0.2, 0.25) is 5.91 Å². The fourth-order valence-corrected chi connectivity index (χ4v) is 4.00. The second kappa shape index (κ2) is 6.96. The number of carbonyl (C=O) groups excluding carboxylic acids is 1. The van der Waals surface area contributed by atoms with Gasteiger partial charge in [-0.15, -0.1) is 0 Å². The maximum atomic E-state index is 11.6. The lowest BCUT2D eigenvalue weighted by Crippen LogP contribution is -2.50. The Kier molecular flexibility index (Phi) is 4.53. The van der Waals surface area contributed by atoms with Gasteiger partial charge in [-0.1, -0.05) is 12.1 Å². The monoisotopic (exact) mass is 339 g/mol. The van der Waals surface area contributed by atoms with Crippen LogP contribution in [-0.2, 0) is 4.79 Å². The molecular weight excluding hydrogens is 314 g/mol. The number of piperidine rings is 1. The maximum Gasteiger partial charge on any atom is 0.222 e. The summed E-state index contributed by atoms with van der Waals surface area (Å²) in [6.07, 6.45) is 3.40. The van der Waals surface area contributed by atoms with Gasteiger partial charge in [-0.05, 0) is 24.5 Å². The molecule has 0 aliphatic carbocycles. The zero-order chi connectivity index (χ0) is 17.2. The molecule has 2 fully saturated rings. The molecule has 1 atom stereocenters. The van der Waals surface area contributed by atoms with Gasteiger partial charge in [0.15, 0.2) is 0 Å². The minimum absolute atomic E-state index is 0.289. The van der Waals surface area contributed by atoms with E-state index in [1.54, 1.807) is 6.33 Å². The summed E-state index contributed by atoms with van der Waals surface area (Å²) in [6, 6.07) is 8.21. The third kappa shape index (κ3) is 3.44. The van der Waals surface area contributed by atoms with Crippen molar-refractivity contribution in [3.63, 3.8) is 0 Å². The van der Waals surface area contributed by atoms with E-state index in [1.165, 1.54) is 0 Å². The SMILES string of the molecule is CN1CC(CN2CCN(c3ncnc4ccccc34)CC2)CCC1=O. The highest BCUT2D eigenvalue weighted by molar-refractivity contribution is 5.89. The summed E-state index contributed by atoms with van der Waals surface area (Å²) in [4.78, 5) is 27.3. The fraction of sp³-hybridized carbons (Fsp3) is 0.526. The predicted octanol–water partition coefficient (Wildman–Crippen LogP) is 1.62. The van der Waals surface area contributed by atoms with E-state index in [9.17, 15) is 4.79 Å². The highest BCUT2D eigenvalue weighted by atomic mass is 16.2.